The lowest BCUT2D eigenvalue weighted by atomic mass is 10.1. The fraction of sp³-hybridized carbons (Fsp3) is 0.562. The third-order valence-corrected chi connectivity index (χ3v) is 4.11. The van der Waals surface area contributed by atoms with Crippen molar-refractivity contribution < 1.29 is 14.3 Å². The van der Waals surface area contributed by atoms with Gasteiger partial charge in [-0.25, -0.2) is 4.79 Å². The normalized spacial score (nSPS) is 22.1. The molecule has 2 heterocycles. The molecular weight excluding hydrogens is 268 g/mol. The number of anilines is 1. The number of para-hydroxylation sites is 1. The Morgan fingerprint density at radius 1 is 1.43 bits per heavy atom. The molecule has 0 aliphatic carbocycles. The van der Waals surface area contributed by atoms with E-state index in [4.69, 9.17) is 9.47 Å². The molecule has 2 amide bonds. The lowest BCUT2D eigenvalue weighted by molar-refractivity contribution is -0.0468. The van der Waals surface area contributed by atoms with Crippen LogP contribution in [0.5, 0.6) is 0 Å². The molecule has 5 heteroatoms. The Hall–Kier alpha value is -1.59. The van der Waals surface area contributed by atoms with Crippen LogP contribution in [0.25, 0.3) is 0 Å². The van der Waals surface area contributed by atoms with Gasteiger partial charge in [-0.2, -0.15) is 0 Å². The van der Waals surface area contributed by atoms with E-state index in [1.807, 2.05) is 31.2 Å². The van der Waals surface area contributed by atoms with Crippen molar-refractivity contribution in [3.05, 3.63) is 29.8 Å². The van der Waals surface area contributed by atoms with Gasteiger partial charge in [-0.15, -0.1) is 0 Å². The van der Waals surface area contributed by atoms with E-state index in [-0.39, 0.29) is 12.1 Å². The molecule has 0 bridgehead atoms. The molecule has 1 atom stereocenters. The minimum atomic E-state index is -0.0478. The maximum absolute atomic E-state index is 12.1. The average molecular weight is 290 g/mol. The molecular formula is C16H22N2O3. The summed E-state index contributed by atoms with van der Waals surface area (Å²) in [5.74, 6) is 0.528. The number of nitrogens with zero attached hydrogens (tertiary/aromatic N) is 1. The Bertz CT molecular complexity index is 494. The van der Waals surface area contributed by atoms with Crippen LogP contribution in [-0.2, 0) is 9.47 Å². The molecule has 2 aliphatic heterocycles. The van der Waals surface area contributed by atoms with Crippen LogP contribution in [0.3, 0.4) is 0 Å². The van der Waals surface area contributed by atoms with Gasteiger partial charge in [-0.3, -0.25) is 0 Å². The zero-order valence-corrected chi connectivity index (χ0v) is 12.4. The van der Waals surface area contributed by atoms with Gasteiger partial charge in [0, 0.05) is 18.2 Å². The average Bonchev–Trinajstić information content (AvgIpc) is 2.93. The van der Waals surface area contributed by atoms with Crippen molar-refractivity contribution in [2.45, 2.75) is 19.4 Å². The van der Waals surface area contributed by atoms with Gasteiger partial charge in [0.1, 0.15) is 0 Å². The quantitative estimate of drug-likeness (QED) is 0.925. The molecule has 1 unspecified atom stereocenters. The van der Waals surface area contributed by atoms with Crippen molar-refractivity contribution in [3.8, 4) is 0 Å². The van der Waals surface area contributed by atoms with E-state index in [0.717, 1.165) is 37.5 Å². The molecule has 0 spiro atoms. The largest absolute Gasteiger partial charge is 0.381 e. The number of carbonyl (C=O) groups is 1. The molecule has 1 N–H and O–H groups in total. The summed E-state index contributed by atoms with van der Waals surface area (Å²) in [5, 5.41) is 2.94. The van der Waals surface area contributed by atoms with Crippen LogP contribution >= 0.6 is 0 Å². The first kappa shape index (κ1) is 14.4. The Kier molecular flexibility index (Phi) is 4.41. The molecule has 0 saturated carbocycles. The van der Waals surface area contributed by atoms with Crippen molar-refractivity contribution in [1.82, 2.24) is 4.90 Å². The van der Waals surface area contributed by atoms with E-state index in [1.165, 1.54) is 0 Å². The van der Waals surface area contributed by atoms with Crippen LogP contribution in [-0.4, -0.2) is 49.9 Å². The molecule has 114 valence electrons. The molecule has 0 radical (unpaired) electrons. The number of aryl methyl sites for hydroxylation is 1. The van der Waals surface area contributed by atoms with Crippen LogP contribution < -0.4 is 5.32 Å². The van der Waals surface area contributed by atoms with Crippen LogP contribution in [0.1, 0.15) is 12.0 Å². The lowest BCUT2D eigenvalue weighted by Crippen LogP contribution is -2.56. The monoisotopic (exact) mass is 290 g/mol. The molecule has 2 aliphatic rings. The summed E-state index contributed by atoms with van der Waals surface area (Å²) < 4.78 is 11.1. The Morgan fingerprint density at radius 3 is 2.95 bits per heavy atom. The van der Waals surface area contributed by atoms with E-state index in [2.05, 4.69) is 5.32 Å². The second-order valence-corrected chi connectivity index (χ2v) is 5.84. The highest BCUT2D eigenvalue weighted by molar-refractivity contribution is 5.90. The zero-order valence-electron chi connectivity index (χ0n) is 12.4. The molecule has 1 aromatic carbocycles. The van der Waals surface area contributed by atoms with Gasteiger partial charge in [0.15, 0.2) is 0 Å². The van der Waals surface area contributed by atoms with Gasteiger partial charge in [0.2, 0.25) is 0 Å². The molecule has 5 nitrogen and oxygen atoms in total. The van der Waals surface area contributed by atoms with Crippen molar-refractivity contribution >= 4 is 11.7 Å². The fourth-order valence-electron chi connectivity index (χ4n) is 2.60. The smallest absolute Gasteiger partial charge is 0.322 e. The topological polar surface area (TPSA) is 50.8 Å². The number of amides is 2. The summed E-state index contributed by atoms with van der Waals surface area (Å²) in [5.41, 5.74) is 1.94. The highest BCUT2D eigenvalue weighted by Gasteiger charge is 2.32. The summed E-state index contributed by atoms with van der Waals surface area (Å²) in [6.45, 7) is 5.74. The van der Waals surface area contributed by atoms with Gasteiger partial charge >= 0.3 is 6.03 Å². The second-order valence-electron chi connectivity index (χ2n) is 5.84. The van der Waals surface area contributed by atoms with E-state index in [0.29, 0.717) is 19.0 Å². The number of benzene rings is 1. The molecule has 3 rings (SSSR count). The van der Waals surface area contributed by atoms with Crippen LogP contribution in [0.4, 0.5) is 10.5 Å². The number of hydrogen-bond acceptors (Lipinski definition) is 3. The van der Waals surface area contributed by atoms with E-state index < -0.39 is 0 Å². The fourth-order valence-corrected chi connectivity index (χ4v) is 2.60. The van der Waals surface area contributed by atoms with Gasteiger partial charge in [-0.1, -0.05) is 18.2 Å². The third-order valence-electron chi connectivity index (χ3n) is 4.11. The van der Waals surface area contributed by atoms with Gasteiger partial charge in [-0.05, 0) is 25.0 Å². The first-order chi connectivity index (χ1) is 10.2. The highest BCUT2D eigenvalue weighted by Crippen LogP contribution is 2.19. The lowest BCUT2D eigenvalue weighted by Gasteiger charge is -2.39. The summed E-state index contributed by atoms with van der Waals surface area (Å²) in [7, 11) is 0. The van der Waals surface area contributed by atoms with Crippen molar-refractivity contribution in [1.29, 1.82) is 0 Å². The van der Waals surface area contributed by atoms with Crippen LogP contribution in [0.15, 0.2) is 24.3 Å². The molecule has 2 saturated heterocycles. The Morgan fingerprint density at radius 2 is 2.24 bits per heavy atom. The minimum absolute atomic E-state index is 0.0478. The third kappa shape index (κ3) is 3.54. The summed E-state index contributed by atoms with van der Waals surface area (Å²) >= 11 is 0. The standard InChI is InChI=1S/C16H22N2O3/c1-12-4-2-3-5-15(12)17-16(19)18-8-14(9-18)21-11-13-6-7-20-10-13/h2-5,13-14H,6-11H2,1H3,(H,17,19). The highest BCUT2D eigenvalue weighted by atomic mass is 16.5. The number of likely N-dealkylation sites (tertiary alicyclic amines) is 1. The first-order valence-corrected chi connectivity index (χ1v) is 7.53. The predicted octanol–water partition coefficient (Wildman–Crippen LogP) is 2.26. The molecule has 21 heavy (non-hydrogen) atoms. The number of nitrogens with one attached hydrogen (secondary N) is 1. The predicted molar refractivity (Wildman–Crippen MR) is 80.4 cm³/mol. The molecule has 0 aromatic heterocycles. The summed E-state index contributed by atoms with van der Waals surface area (Å²) in [6, 6.07) is 7.75. The SMILES string of the molecule is Cc1ccccc1NC(=O)N1CC(OCC2CCOC2)C1. The summed E-state index contributed by atoms with van der Waals surface area (Å²) in [4.78, 5) is 13.9. The van der Waals surface area contributed by atoms with Crippen molar-refractivity contribution in [2.24, 2.45) is 5.92 Å². The number of carbonyl (C=O) groups excluding carboxylic acids is 1. The van der Waals surface area contributed by atoms with Gasteiger partial charge in [0.25, 0.3) is 0 Å². The first-order valence-electron chi connectivity index (χ1n) is 7.53. The van der Waals surface area contributed by atoms with Crippen LogP contribution in [0, 0.1) is 12.8 Å². The van der Waals surface area contributed by atoms with E-state index in [1.54, 1.807) is 4.90 Å². The number of urea groups is 1. The molecule has 1 aromatic rings. The summed E-state index contributed by atoms with van der Waals surface area (Å²) in [6.07, 6.45) is 1.26. The maximum Gasteiger partial charge on any atom is 0.322 e. The van der Waals surface area contributed by atoms with Gasteiger partial charge < -0.3 is 19.7 Å². The Labute approximate surface area is 125 Å². The van der Waals surface area contributed by atoms with Crippen LogP contribution in [0.2, 0.25) is 0 Å². The second kappa shape index (κ2) is 6.45. The zero-order chi connectivity index (χ0) is 14.7. The number of rotatable bonds is 4. The van der Waals surface area contributed by atoms with E-state index in [9.17, 15) is 4.79 Å². The molecule has 2 fully saturated rings. The van der Waals surface area contributed by atoms with Crippen molar-refractivity contribution in [3.63, 3.8) is 0 Å². The van der Waals surface area contributed by atoms with Crippen molar-refractivity contribution in [2.75, 3.05) is 38.2 Å². The number of ether oxygens (including phenoxy) is 2. The van der Waals surface area contributed by atoms with E-state index >= 15 is 0 Å². The number of hydrogen-bond donors (Lipinski definition) is 1. The minimum Gasteiger partial charge on any atom is -0.381 e. The Balaban J connectivity index is 1.39. The maximum atomic E-state index is 12.1. The van der Waals surface area contributed by atoms with Gasteiger partial charge in [0.05, 0.1) is 32.4 Å².